The minimum absolute atomic E-state index is 0.988. The summed E-state index contributed by atoms with van der Waals surface area (Å²) < 4.78 is 1.03. The molecule has 0 amide bonds. The summed E-state index contributed by atoms with van der Waals surface area (Å²) in [7, 11) is 0. The van der Waals surface area contributed by atoms with Crippen LogP contribution in [0.3, 0.4) is 0 Å². The fraction of sp³-hybridized carbons (Fsp3) is 0.556. The Kier molecular flexibility index (Phi) is 5.43. The maximum absolute atomic E-state index is 3.38. The van der Waals surface area contributed by atoms with Crippen LogP contribution in [-0.2, 0) is 0 Å². The zero-order valence-corrected chi connectivity index (χ0v) is 8.38. The van der Waals surface area contributed by atoms with Crippen LogP contribution < -0.4 is 0 Å². The maximum Gasteiger partial charge on any atom is 0.0660 e. The lowest BCUT2D eigenvalue weighted by atomic mass is 10.3. The molecule has 0 aliphatic carbocycles. The van der Waals surface area contributed by atoms with E-state index >= 15 is 0 Å². The number of allylic oxidation sites excluding steroid dienone is 2. The Bertz CT molecular complexity index is 175. The second-order valence-electron chi connectivity index (χ2n) is 2.37. The van der Waals surface area contributed by atoms with Gasteiger partial charge in [-0.2, -0.15) is 0 Å². The molecule has 0 aromatic heterocycles. The van der Waals surface area contributed by atoms with Gasteiger partial charge in [-0.3, -0.25) is 0 Å². The van der Waals surface area contributed by atoms with Crippen molar-refractivity contribution in [3.05, 3.63) is 10.1 Å². The fourth-order valence-electron chi connectivity index (χ4n) is 0.390. The molecule has 0 saturated carbocycles. The van der Waals surface area contributed by atoms with E-state index in [2.05, 4.69) is 34.7 Å². The summed E-state index contributed by atoms with van der Waals surface area (Å²) in [5, 5.41) is 0. The Balaban J connectivity index is 3.93. The van der Waals surface area contributed by atoms with Crippen LogP contribution in [0.5, 0.6) is 0 Å². The van der Waals surface area contributed by atoms with Crippen molar-refractivity contribution in [3.63, 3.8) is 0 Å². The maximum atomic E-state index is 3.38. The van der Waals surface area contributed by atoms with Crippen LogP contribution >= 0.6 is 15.9 Å². The topological polar surface area (TPSA) is 0 Å². The summed E-state index contributed by atoms with van der Waals surface area (Å²) in [6.45, 7) is 6.22. The minimum atomic E-state index is 0.988. The second-order valence-corrected chi connectivity index (χ2v) is 3.16. The number of hydrogen-bond acceptors (Lipinski definition) is 0. The molecule has 0 unspecified atom stereocenters. The molecule has 0 fully saturated rings. The SMILES string of the molecule is CCCC#CC(Br)=C(C)C. The van der Waals surface area contributed by atoms with Gasteiger partial charge in [0.1, 0.15) is 0 Å². The standard InChI is InChI=1S/C9H13Br/c1-4-5-6-7-9(10)8(2)3/h4-5H2,1-3H3. The third-order valence-electron chi connectivity index (χ3n) is 1.01. The lowest BCUT2D eigenvalue weighted by Crippen LogP contribution is -1.69. The van der Waals surface area contributed by atoms with E-state index < -0.39 is 0 Å². The van der Waals surface area contributed by atoms with E-state index in [1.807, 2.05) is 13.8 Å². The minimum Gasteiger partial charge on any atom is -0.0974 e. The summed E-state index contributed by atoms with van der Waals surface area (Å²) >= 11 is 3.38. The average Bonchev–Trinajstić information content (AvgIpc) is 1.88. The zero-order chi connectivity index (χ0) is 7.98. The van der Waals surface area contributed by atoms with Crippen LogP contribution in [0.4, 0.5) is 0 Å². The monoisotopic (exact) mass is 200 g/mol. The van der Waals surface area contributed by atoms with E-state index in [0.29, 0.717) is 0 Å². The fourth-order valence-corrected chi connectivity index (χ4v) is 0.530. The Hall–Kier alpha value is -0.220. The smallest absolute Gasteiger partial charge is 0.0660 e. The normalized spacial score (nSPS) is 8.00. The highest BCUT2D eigenvalue weighted by Crippen LogP contribution is 2.08. The van der Waals surface area contributed by atoms with E-state index in [-0.39, 0.29) is 0 Å². The molecule has 1 heteroatoms. The van der Waals surface area contributed by atoms with Gasteiger partial charge in [0.15, 0.2) is 0 Å². The molecule has 0 aliphatic rings. The molecule has 0 heterocycles. The van der Waals surface area contributed by atoms with Gasteiger partial charge in [0.05, 0.1) is 4.48 Å². The van der Waals surface area contributed by atoms with E-state index in [1.54, 1.807) is 0 Å². The third kappa shape index (κ3) is 4.64. The molecule has 0 aromatic carbocycles. The van der Waals surface area contributed by atoms with Crippen LogP contribution in [0.2, 0.25) is 0 Å². The molecule has 0 aromatic rings. The quantitative estimate of drug-likeness (QED) is 0.569. The molecule has 0 nitrogen and oxygen atoms in total. The first kappa shape index (κ1) is 9.78. The zero-order valence-electron chi connectivity index (χ0n) is 6.79. The Morgan fingerprint density at radius 2 is 2.00 bits per heavy atom. The first-order valence-electron chi connectivity index (χ1n) is 3.50. The predicted molar refractivity (Wildman–Crippen MR) is 50.0 cm³/mol. The molecule has 0 aliphatic heterocycles. The molecule has 0 atom stereocenters. The molecule has 0 saturated heterocycles. The third-order valence-corrected chi connectivity index (χ3v) is 2.00. The molecule has 0 spiro atoms. The van der Waals surface area contributed by atoms with Crippen molar-refractivity contribution in [1.29, 1.82) is 0 Å². The molecular weight excluding hydrogens is 188 g/mol. The van der Waals surface area contributed by atoms with Gasteiger partial charge in [-0.1, -0.05) is 24.3 Å². The van der Waals surface area contributed by atoms with E-state index in [0.717, 1.165) is 17.3 Å². The average molecular weight is 201 g/mol. The highest BCUT2D eigenvalue weighted by atomic mass is 79.9. The van der Waals surface area contributed by atoms with Gasteiger partial charge >= 0.3 is 0 Å². The van der Waals surface area contributed by atoms with E-state index in [4.69, 9.17) is 0 Å². The van der Waals surface area contributed by atoms with Gasteiger partial charge in [0.25, 0.3) is 0 Å². The van der Waals surface area contributed by atoms with Crippen LogP contribution in [0.1, 0.15) is 33.6 Å². The van der Waals surface area contributed by atoms with Gasteiger partial charge in [0.2, 0.25) is 0 Å². The molecule has 0 radical (unpaired) electrons. The first-order valence-corrected chi connectivity index (χ1v) is 4.29. The molecule has 0 bridgehead atoms. The second kappa shape index (κ2) is 5.56. The number of hydrogen-bond donors (Lipinski definition) is 0. The van der Waals surface area contributed by atoms with Crippen molar-refractivity contribution in [2.75, 3.05) is 0 Å². The van der Waals surface area contributed by atoms with Gasteiger partial charge in [0, 0.05) is 6.42 Å². The molecular formula is C9H13Br. The summed E-state index contributed by atoms with van der Waals surface area (Å²) in [6, 6.07) is 0. The van der Waals surface area contributed by atoms with Gasteiger partial charge in [-0.05, 0) is 36.2 Å². The molecule has 0 N–H and O–H groups in total. The van der Waals surface area contributed by atoms with E-state index in [9.17, 15) is 0 Å². The van der Waals surface area contributed by atoms with Gasteiger partial charge in [-0.15, -0.1) is 0 Å². The largest absolute Gasteiger partial charge is 0.0974 e. The Labute approximate surface area is 71.8 Å². The van der Waals surface area contributed by atoms with E-state index in [1.165, 1.54) is 5.57 Å². The van der Waals surface area contributed by atoms with Crippen LogP contribution in [0, 0.1) is 11.8 Å². The highest BCUT2D eigenvalue weighted by Gasteiger charge is 1.84. The van der Waals surface area contributed by atoms with Crippen LogP contribution in [-0.4, -0.2) is 0 Å². The number of unbranched alkanes of at least 4 members (excludes halogenated alkanes) is 1. The Morgan fingerprint density at radius 1 is 1.40 bits per heavy atom. The van der Waals surface area contributed by atoms with Gasteiger partial charge in [-0.25, -0.2) is 0 Å². The lowest BCUT2D eigenvalue weighted by Gasteiger charge is -1.87. The summed E-state index contributed by atoms with van der Waals surface area (Å²) in [4.78, 5) is 0. The van der Waals surface area contributed by atoms with Crippen LogP contribution in [0.15, 0.2) is 10.1 Å². The predicted octanol–water partition coefficient (Wildman–Crippen LogP) is 3.48. The van der Waals surface area contributed by atoms with Crippen LogP contribution in [0.25, 0.3) is 0 Å². The summed E-state index contributed by atoms with van der Waals surface area (Å²) in [6.07, 6.45) is 2.12. The van der Waals surface area contributed by atoms with Crippen molar-refractivity contribution in [1.82, 2.24) is 0 Å². The number of rotatable bonds is 1. The summed E-state index contributed by atoms with van der Waals surface area (Å²) in [5.74, 6) is 6.09. The first-order chi connectivity index (χ1) is 4.68. The Morgan fingerprint density at radius 3 is 2.40 bits per heavy atom. The van der Waals surface area contributed by atoms with Crippen molar-refractivity contribution in [3.8, 4) is 11.8 Å². The van der Waals surface area contributed by atoms with Crippen molar-refractivity contribution >= 4 is 15.9 Å². The molecule has 56 valence electrons. The number of halogens is 1. The van der Waals surface area contributed by atoms with Crippen molar-refractivity contribution in [2.24, 2.45) is 0 Å². The van der Waals surface area contributed by atoms with Gasteiger partial charge < -0.3 is 0 Å². The van der Waals surface area contributed by atoms with Crippen molar-refractivity contribution < 1.29 is 0 Å². The van der Waals surface area contributed by atoms with Crippen molar-refractivity contribution in [2.45, 2.75) is 33.6 Å². The highest BCUT2D eigenvalue weighted by molar-refractivity contribution is 9.12. The lowest BCUT2D eigenvalue weighted by molar-refractivity contribution is 0.983. The molecule has 10 heavy (non-hydrogen) atoms. The molecule has 0 rings (SSSR count). The summed E-state index contributed by atoms with van der Waals surface area (Å²) in [5.41, 5.74) is 1.24.